The Hall–Kier alpha value is -3.61. The van der Waals surface area contributed by atoms with Crippen LogP contribution in [0.5, 0.6) is 0 Å². The van der Waals surface area contributed by atoms with E-state index >= 15 is 0 Å². The number of benzene rings is 2. The van der Waals surface area contributed by atoms with Crippen LogP contribution in [0.4, 0.5) is 11.4 Å². The first-order valence-electron chi connectivity index (χ1n) is 12.3. The summed E-state index contributed by atoms with van der Waals surface area (Å²) < 4.78 is 6.60. The molecule has 1 heterocycles. The number of amides is 1. The highest BCUT2D eigenvalue weighted by molar-refractivity contribution is 6.04. The molecule has 0 aliphatic heterocycles. The molecule has 0 spiro atoms. The highest BCUT2D eigenvalue weighted by Gasteiger charge is 2.16. The summed E-state index contributed by atoms with van der Waals surface area (Å²) in [6.45, 7) is 3.92. The molecule has 1 aromatic heterocycles. The summed E-state index contributed by atoms with van der Waals surface area (Å²) in [4.78, 5) is 24.3. The van der Waals surface area contributed by atoms with Gasteiger partial charge in [0.25, 0.3) is 5.91 Å². The first-order chi connectivity index (χ1) is 16.9. The van der Waals surface area contributed by atoms with Gasteiger partial charge in [0, 0.05) is 35.1 Å². The first-order valence-corrected chi connectivity index (χ1v) is 12.3. The van der Waals surface area contributed by atoms with Crippen molar-refractivity contribution < 1.29 is 14.3 Å². The number of aryl methyl sites for hydroxylation is 1. The lowest BCUT2D eigenvalue weighted by Gasteiger charge is -2.23. The lowest BCUT2D eigenvalue weighted by atomic mass is 9.95. The minimum Gasteiger partial charge on any atom is -0.469 e. The quantitative estimate of drug-likeness (QED) is 0.416. The van der Waals surface area contributed by atoms with Crippen molar-refractivity contribution in [2.24, 2.45) is 0 Å². The molecule has 7 nitrogen and oxygen atoms in total. The van der Waals surface area contributed by atoms with Gasteiger partial charge in [-0.1, -0.05) is 19.3 Å². The monoisotopic (exact) mass is 474 g/mol. The normalized spacial score (nSPS) is 13.9. The Morgan fingerprint density at radius 2 is 1.63 bits per heavy atom. The smallest absolute Gasteiger partial charge is 0.305 e. The molecule has 2 aromatic carbocycles. The number of carbonyl (C=O) groups is 2. The van der Waals surface area contributed by atoms with E-state index in [9.17, 15) is 9.59 Å². The molecule has 0 atom stereocenters. The number of hydrogen-bond donors (Lipinski definition) is 2. The Labute approximate surface area is 206 Å². The molecule has 0 unspecified atom stereocenters. The average Bonchev–Trinajstić information content (AvgIpc) is 3.17. The van der Waals surface area contributed by atoms with Crippen molar-refractivity contribution in [3.05, 3.63) is 71.0 Å². The van der Waals surface area contributed by atoms with Gasteiger partial charge in [-0.15, -0.1) is 0 Å². The average molecular weight is 475 g/mol. The predicted octanol–water partition coefficient (Wildman–Crippen LogP) is 5.59. The van der Waals surface area contributed by atoms with Gasteiger partial charge in [-0.25, -0.2) is 4.68 Å². The van der Waals surface area contributed by atoms with Crippen LogP contribution in [-0.4, -0.2) is 34.8 Å². The van der Waals surface area contributed by atoms with E-state index in [0.29, 0.717) is 24.4 Å². The van der Waals surface area contributed by atoms with Crippen molar-refractivity contribution in [1.82, 2.24) is 9.78 Å². The van der Waals surface area contributed by atoms with Crippen molar-refractivity contribution >= 4 is 23.3 Å². The molecule has 1 aliphatic carbocycles. The van der Waals surface area contributed by atoms with Crippen LogP contribution in [0.3, 0.4) is 0 Å². The minimum atomic E-state index is -0.234. The molecule has 3 aromatic rings. The third-order valence-corrected chi connectivity index (χ3v) is 6.74. The van der Waals surface area contributed by atoms with E-state index in [4.69, 9.17) is 4.74 Å². The molecule has 7 heteroatoms. The van der Waals surface area contributed by atoms with Crippen LogP contribution < -0.4 is 10.6 Å². The number of esters is 1. The van der Waals surface area contributed by atoms with E-state index in [1.165, 1.54) is 39.2 Å². The molecular weight excluding hydrogens is 440 g/mol. The molecule has 0 radical (unpaired) electrons. The van der Waals surface area contributed by atoms with Crippen LogP contribution in [0.2, 0.25) is 0 Å². The summed E-state index contributed by atoms with van der Waals surface area (Å²) in [6, 6.07) is 15.8. The highest BCUT2D eigenvalue weighted by Crippen LogP contribution is 2.23. The van der Waals surface area contributed by atoms with Crippen molar-refractivity contribution in [2.75, 3.05) is 17.7 Å². The second kappa shape index (κ2) is 11.2. The second-order valence-corrected chi connectivity index (χ2v) is 9.19. The third kappa shape index (κ3) is 6.10. The van der Waals surface area contributed by atoms with Gasteiger partial charge >= 0.3 is 5.97 Å². The Balaban J connectivity index is 1.38. The molecule has 0 saturated heterocycles. The van der Waals surface area contributed by atoms with Crippen LogP contribution in [0, 0.1) is 13.8 Å². The SMILES string of the molecule is COC(=O)CCc1c(C)nn(-c2ccc(C(=O)Nc3ccc(NC4CCCCC4)cc3)cc2)c1C. The number of methoxy groups -OCH3 is 1. The lowest BCUT2D eigenvalue weighted by molar-refractivity contribution is -0.140. The fourth-order valence-corrected chi connectivity index (χ4v) is 4.71. The molecule has 1 amide bonds. The molecular formula is C28H34N4O3. The number of nitrogens with one attached hydrogen (secondary N) is 2. The number of carbonyl (C=O) groups excluding carboxylic acids is 2. The summed E-state index contributed by atoms with van der Waals surface area (Å²) in [5, 5.41) is 11.2. The van der Waals surface area contributed by atoms with Crippen LogP contribution in [0.25, 0.3) is 5.69 Å². The minimum absolute atomic E-state index is 0.156. The van der Waals surface area contributed by atoms with Crippen LogP contribution >= 0.6 is 0 Å². The second-order valence-electron chi connectivity index (χ2n) is 9.19. The maximum atomic E-state index is 12.8. The number of rotatable bonds is 8. The molecule has 35 heavy (non-hydrogen) atoms. The fourth-order valence-electron chi connectivity index (χ4n) is 4.71. The highest BCUT2D eigenvalue weighted by atomic mass is 16.5. The molecule has 184 valence electrons. The zero-order valence-electron chi connectivity index (χ0n) is 20.8. The van der Waals surface area contributed by atoms with Gasteiger partial charge in [0.15, 0.2) is 0 Å². The number of aromatic nitrogens is 2. The van der Waals surface area contributed by atoms with Gasteiger partial charge in [0.05, 0.1) is 18.5 Å². The van der Waals surface area contributed by atoms with E-state index in [-0.39, 0.29) is 11.9 Å². The molecule has 4 rings (SSSR count). The van der Waals surface area contributed by atoms with Gasteiger partial charge in [0.2, 0.25) is 0 Å². The zero-order valence-corrected chi connectivity index (χ0v) is 20.8. The van der Waals surface area contributed by atoms with Crippen molar-refractivity contribution in [3.63, 3.8) is 0 Å². The summed E-state index contributed by atoms with van der Waals surface area (Å²) in [7, 11) is 1.40. The molecule has 1 saturated carbocycles. The summed E-state index contributed by atoms with van der Waals surface area (Å²) in [5.41, 5.74) is 6.20. The van der Waals surface area contributed by atoms with Crippen molar-refractivity contribution in [2.45, 2.75) is 64.8 Å². The molecule has 1 fully saturated rings. The van der Waals surface area contributed by atoms with Crippen molar-refractivity contribution in [3.8, 4) is 5.69 Å². The van der Waals surface area contributed by atoms with E-state index in [0.717, 1.165) is 34.0 Å². The van der Waals surface area contributed by atoms with Crippen LogP contribution in [-0.2, 0) is 16.0 Å². The van der Waals surface area contributed by atoms with Gasteiger partial charge in [-0.05, 0) is 87.2 Å². The number of anilines is 2. The number of nitrogens with zero attached hydrogens (tertiary/aromatic N) is 2. The molecule has 2 N–H and O–H groups in total. The topological polar surface area (TPSA) is 85.2 Å². The lowest BCUT2D eigenvalue weighted by Crippen LogP contribution is -2.22. The number of hydrogen-bond acceptors (Lipinski definition) is 5. The maximum absolute atomic E-state index is 12.8. The van der Waals surface area contributed by atoms with Crippen LogP contribution in [0.15, 0.2) is 48.5 Å². The zero-order chi connectivity index (χ0) is 24.8. The van der Waals surface area contributed by atoms with Crippen molar-refractivity contribution in [1.29, 1.82) is 0 Å². The largest absolute Gasteiger partial charge is 0.469 e. The van der Waals surface area contributed by atoms with Gasteiger partial charge < -0.3 is 15.4 Å². The third-order valence-electron chi connectivity index (χ3n) is 6.74. The first kappa shape index (κ1) is 24.5. The number of ether oxygens (including phenoxy) is 1. The van der Waals surface area contributed by atoms with Gasteiger partial charge in [-0.3, -0.25) is 9.59 Å². The van der Waals surface area contributed by atoms with E-state index < -0.39 is 0 Å². The Morgan fingerprint density at radius 3 is 2.29 bits per heavy atom. The molecule has 1 aliphatic rings. The Morgan fingerprint density at radius 1 is 0.971 bits per heavy atom. The van der Waals surface area contributed by atoms with E-state index in [2.05, 4.69) is 15.7 Å². The van der Waals surface area contributed by atoms with E-state index in [1.807, 2.05) is 54.9 Å². The van der Waals surface area contributed by atoms with E-state index in [1.54, 1.807) is 12.1 Å². The summed E-state index contributed by atoms with van der Waals surface area (Å²) >= 11 is 0. The molecule has 0 bridgehead atoms. The standard InChI is InChI=1S/C28H34N4O3/c1-19-26(17-18-27(33)35-3)20(2)32(31-19)25-15-9-21(10-16-25)28(34)30-24-13-11-23(12-14-24)29-22-7-5-4-6-8-22/h9-16,22,29H,4-8,17-18H2,1-3H3,(H,30,34). The fraction of sp³-hybridized carbons (Fsp3) is 0.393. The Kier molecular flexibility index (Phi) is 7.85. The predicted molar refractivity (Wildman–Crippen MR) is 138 cm³/mol. The Bertz CT molecular complexity index is 1160. The van der Waals surface area contributed by atoms with Crippen LogP contribution in [0.1, 0.15) is 65.8 Å². The summed E-state index contributed by atoms with van der Waals surface area (Å²) in [5.74, 6) is -0.390. The van der Waals surface area contributed by atoms with Gasteiger partial charge in [-0.2, -0.15) is 5.10 Å². The maximum Gasteiger partial charge on any atom is 0.305 e. The summed E-state index contributed by atoms with van der Waals surface area (Å²) in [6.07, 6.45) is 7.27. The van der Waals surface area contributed by atoms with Gasteiger partial charge in [0.1, 0.15) is 0 Å².